The molecule has 0 atom stereocenters. The van der Waals surface area contributed by atoms with E-state index in [1.54, 1.807) is 0 Å². The maximum Gasteiger partial charge on any atom is 0.127 e. The molecule has 0 aliphatic heterocycles. The Morgan fingerprint density at radius 1 is 0.407 bits per heavy atom. The third-order valence-electron chi connectivity index (χ3n) is 12.0. The number of nitrogen functional groups attached to an aromatic ring is 1. The van der Waals surface area contributed by atoms with Crippen molar-refractivity contribution in [1.82, 2.24) is 0 Å². The van der Waals surface area contributed by atoms with Crippen molar-refractivity contribution in [3.63, 3.8) is 0 Å². The van der Waals surface area contributed by atoms with Gasteiger partial charge in [0.1, 0.15) is 11.5 Å². The van der Waals surface area contributed by atoms with E-state index in [1.807, 2.05) is 24.3 Å². The molecule has 4 heteroatoms. The number of ether oxygens (including phenoxy) is 1. The Morgan fingerprint density at radius 2 is 0.780 bits per heavy atom. The summed E-state index contributed by atoms with van der Waals surface area (Å²) in [5.74, 6) is 1.54. The standard InChI is InChI=1S/C55H57N3O/c1-3-5-7-18-38-55(39-19-8-6-4-2)53-40-47(57(43-20-12-9-13-21-43)44-22-14-10-15-23-44)30-36-51(53)52-37-31-48(41-54(52)55)58(45-24-16-11-17-25-45)46-28-34-50(35-29-46)59-49-32-26-42(56)27-33-49/h9-17,20-37,40-41H,3-8,18-19,38-39,56H2,1-2H3. The van der Waals surface area contributed by atoms with Crippen molar-refractivity contribution in [2.24, 2.45) is 0 Å². The van der Waals surface area contributed by atoms with E-state index in [2.05, 4.69) is 175 Å². The molecule has 1 aliphatic carbocycles. The lowest BCUT2D eigenvalue weighted by Gasteiger charge is -2.35. The SMILES string of the molecule is CCCCCCC1(CCCCCC)c2cc(N(c3ccccc3)c3ccccc3)ccc2-c2ccc(N(c3ccccc3)c3ccc(Oc4ccc(N)cc4)cc3)cc21. The predicted molar refractivity (Wildman–Crippen MR) is 250 cm³/mol. The fourth-order valence-electron chi connectivity index (χ4n) is 9.08. The fourth-order valence-corrected chi connectivity index (χ4v) is 9.08. The van der Waals surface area contributed by atoms with Gasteiger partial charge in [-0.2, -0.15) is 0 Å². The Kier molecular flexibility index (Phi) is 12.4. The molecule has 0 saturated heterocycles. The van der Waals surface area contributed by atoms with E-state index >= 15 is 0 Å². The molecule has 8 rings (SSSR count). The summed E-state index contributed by atoms with van der Waals surface area (Å²) in [5.41, 5.74) is 19.1. The Bertz CT molecular complexity index is 2340. The number of nitrogens with two attached hydrogens (primary N) is 1. The summed E-state index contributed by atoms with van der Waals surface area (Å²) in [4.78, 5) is 4.82. The van der Waals surface area contributed by atoms with Crippen LogP contribution in [0.5, 0.6) is 11.5 Å². The van der Waals surface area contributed by atoms with Gasteiger partial charge < -0.3 is 20.3 Å². The van der Waals surface area contributed by atoms with Crippen molar-refractivity contribution in [3.05, 3.63) is 187 Å². The van der Waals surface area contributed by atoms with Gasteiger partial charge in [-0.05, 0) is 144 Å². The molecule has 59 heavy (non-hydrogen) atoms. The zero-order valence-electron chi connectivity index (χ0n) is 34.7. The molecule has 0 fully saturated rings. The summed E-state index contributed by atoms with van der Waals surface area (Å²) in [6, 6.07) is 63.0. The molecule has 2 N–H and O–H groups in total. The highest BCUT2D eigenvalue weighted by Gasteiger charge is 2.43. The summed E-state index contributed by atoms with van der Waals surface area (Å²) in [7, 11) is 0. The monoisotopic (exact) mass is 775 g/mol. The molecule has 7 aromatic carbocycles. The molecule has 0 saturated carbocycles. The first-order valence-corrected chi connectivity index (χ1v) is 21.8. The first-order chi connectivity index (χ1) is 29.1. The molecule has 0 amide bonds. The second-order valence-electron chi connectivity index (χ2n) is 16.0. The van der Waals surface area contributed by atoms with Crippen molar-refractivity contribution >= 4 is 39.8 Å². The number of para-hydroxylation sites is 3. The van der Waals surface area contributed by atoms with Gasteiger partial charge in [-0.3, -0.25) is 0 Å². The molecule has 0 radical (unpaired) electrons. The van der Waals surface area contributed by atoms with Crippen molar-refractivity contribution < 1.29 is 4.74 Å². The highest BCUT2D eigenvalue weighted by atomic mass is 16.5. The Labute approximate surface area is 351 Å². The zero-order chi connectivity index (χ0) is 40.4. The molecule has 298 valence electrons. The minimum Gasteiger partial charge on any atom is -0.457 e. The minimum atomic E-state index is -0.115. The quantitative estimate of drug-likeness (QED) is 0.0696. The Hall–Kier alpha value is -6.26. The van der Waals surface area contributed by atoms with E-state index in [1.165, 1.54) is 79.3 Å². The summed E-state index contributed by atoms with van der Waals surface area (Å²) < 4.78 is 6.22. The first-order valence-electron chi connectivity index (χ1n) is 21.8. The van der Waals surface area contributed by atoms with Gasteiger partial charge in [0.15, 0.2) is 0 Å². The number of nitrogens with zero attached hydrogens (tertiary/aromatic N) is 2. The topological polar surface area (TPSA) is 41.7 Å². The van der Waals surface area contributed by atoms with Crippen LogP contribution in [0.25, 0.3) is 11.1 Å². The van der Waals surface area contributed by atoms with Crippen molar-refractivity contribution in [1.29, 1.82) is 0 Å². The average Bonchev–Trinajstić information content (AvgIpc) is 3.54. The summed E-state index contributed by atoms with van der Waals surface area (Å²) in [6.45, 7) is 4.63. The van der Waals surface area contributed by atoms with Crippen LogP contribution in [-0.2, 0) is 5.41 Å². The van der Waals surface area contributed by atoms with Gasteiger partial charge in [0.2, 0.25) is 0 Å². The summed E-state index contributed by atoms with van der Waals surface area (Å²) >= 11 is 0. The maximum atomic E-state index is 6.22. The second-order valence-corrected chi connectivity index (χ2v) is 16.0. The molecular formula is C55H57N3O. The Morgan fingerprint density at radius 3 is 1.19 bits per heavy atom. The van der Waals surface area contributed by atoms with Gasteiger partial charge in [0.05, 0.1) is 0 Å². The van der Waals surface area contributed by atoms with Gasteiger partial charge >= 0.3 is 0 Å². The van der Waals surface area contributed by atoms with E-state index < -0.39 is 0 Å². The highest BCUT2D eigenvalue weighted by Crippen LogP contribution is 2.57. The largest absolute Gasteiger partial charge is 0.457 e. The van der Waals surface area contributed by atoms with E-state index in [9.17, 15) is 0 Å². The molecule has 0 bridgehead atoms. The van der Waals surface area contributed by atoms with Crippen LogP contribution < -0.4 is 20.3 Å². The van der Waals surface area contributed by atoms with Crippen LogP contribution >= 0.6 is 0 Å². The smallest absolute Gasteiger partial charge is 0.127 e. The fraction of sp³-hybridized carbons (Fsp3) is 0.236. The lowest BCUT2D eigenvalue weighted by molar-refractivity contribution is 0.401. The van der Waals surface area contributed by atoms with Crippen molar-refractivity contribution in [3.8, 4) is 22.6 Å². The van der Waals surface area contributed by atoms with Gasteiger partial charge in [0, 0.05) is 45.2 Å². The lowest BCUT2D eigenvalue weighted by atomic mass is 9.70. The summed E-state index contributed by atoms with van der Waals surface area (Å²) in [5, 5.41) is 0. The third kappa shape index (κ3) is 8.64. The predicted octanol–water partition coefficient (Wildman–Crippen LogP) is 16.2. The van der Waals surface area contributed by atoms with Crippen LogP contribution in [0.15, 0.2) is 176 Å². The van der Waals surface area contributed by atoms with E-state index in [0.717, 1.165) is 58.5 Å². The molecule has 0 unspecified atom stereocenters. The third-order valence-corrected chi connectivity index (χ3v) is 12.0. The Balaban J connectivity index is 1.25. The van der Waals surface area contributed by atoms with Crippen LogP contribution in [0.2, 0.25) is 0 Å². The van der Waals surface area contributed by atoms with Crippen molar-refractivity contribution in [2.45, 2.75) is 83.5 Å². The van der Waals surface area contributed by atoms with Gasteiger partial charge in [-0.15, -0.1) is 0 Å². The highest BCUT2D eigenvalue weighted by molar-refractivity contribution is 5.88. The number of benzene rings is 7. The zero-order valence-corrected chi connectivity index (χ0v) is 34.7. The number of anilines is 7. The van der Waals surface area contributed by atoms with Crippen molar-refractivity contribution in [2.75, 3.05) is 15.5 Å². The first kappa shape index (κ1) is 39.6. The number of hydrogen-bond acceptors (Lipinski definition) is 4. The van der Waals surface area contributed by atoms with Crippen LogP contribution in [0.4, 0.5) is 39.8 Å². The number of unbranched alkanes of at least 4 members (excludes halogenated alkanes) is 6. The van der Waals surface area contributed by atoms with Crippen LogP contribution in [0, 0.1) is 0 Å². The molecule has 0 aromatic heterocycles. The summed E-state index contributed by atoms with van der Waals surface area (Å²) in [6.07, 6.45) is 12.1. The van der Waals surface area contributed by atoms with Crippen LogP contribution in [0.1, 0.15) is 89.2 Å². The van der Waals surface area contributed by atoms with E-state index in [4.69, 9.17) is 10.5 Å². The van der Waals surface area contributed by atoms with Gasteiger partial charge in [-0.25, -0.2) is 0 Å². The second kappa shape index (κ2) is 18.6. The maximum absolute atomic E-state index is 6.22. The van der Waals surface area contributed by atoms with E-state index in [0.29, 0.717) is 0 Å². The molecule has 7 aromatic rings. The minimum absolute atomic E-state index is 0.115. The number of fused-ring (bicyclic) bond motifs is 3. The average molecular weight is 776 g/mol. The van der Waals surface area contributed by atoms with Gasteiger partial charge in [-0.1, -0.05) is 132 Å². The van der Waals surface area contributed by atoms with Crippen LogP contribution in [-0.4, -0.2) is 0 Å². The molecule has 0 spiro atoms. The van der Waals surface area contributed by atoms with Gasteiger partial charge in [0.25, 0.3) is 0 Å². The number of rotatable bonds is 18. The normalized spacial score (nSPS) is 12.4. The molecule has 0 heterocycles. The molecule has 4 nitrogen and oxygen atoms in total. The number of hydrogen-bond donors (Lipinski definition) is 1. The van der Waals surface area contributed by atoms with Crippen LogP contribution in [0.3, 0.4) is 0 Å². The molecule has 1 aliphatic rings. The van der Waals surface area contributed by atoms with E-state index in [-0.39, 0.29) is 5.41 Å². The molecular weight excluding hydrogens is 719 g/mol. The lowest BCUT2D eigenvalue weighted by Crippen LogP contribution is -2.26.